The second-order valence-electron chi connectivity index (χ2n) is 4.64. The normalized spacial score (nSPS) is 21.1. The van der Waals surface area contributed by atoms with Gasteiger partial charge in [0.25, 0.3) is 5.91 Å². The molecule has 1 N–H and O–H groups in total. The number of benzene rings is 1. The first kappa shape index (κ1) is 13.3. The standard InChI is InChI=1S/C13H15ClFNO2/c1-8(17)9-5-6-16(7-9)13(18)10-3-2-4-11(14)12(10)15/h2-4,8-9,17H,5-7H2,1H3. The Kier molecular flexibility index (Phi) is 3.88. The van der Waals surface area contributed by atoms with Gasteiger partial charge in [0.05, 0.1) is 16.7 Å². The molecule has 1 amide bonds. The van der Waals surface area contributed by atoms with Crippen LogP contribution in [0.15, 0.2) is 18.2 Å². The monoisotopic (exact) mass is 271 g/mol. The molecule has 0 radical (unpaired) electrons. The van der Waals surface area contributed by atoms with Crippen LogP contribution in [0, 0.1) is 11.7 Å². The lowest BCUT2D eigenvalue weighted by atomic mass is 10.0. The largest absolute Gasteiger partial charge is 0.393 e. The molecule has 1 saturated heterocycles. The summed E-state index contributed by atoms with van der Waals surface area (Å²) in [4.78, 5) is 13.7. The molecular formula is C13H15ClFNO2. The molecule has 0 bridgehead atoms. The zero-order chi connectivity index (χ0) is 13.3. The zero-order valence-electron chi connectivity index (χ0n) is 10.1. The second kappa shape index (κ2) is 5.24. The molecular weight excluding hydrogens is 257 g/mol. The van der Waals surface area contributed by atoms with Gasteiger partial charge in [-0.3, -0.25) is 4.79 Å². The molecule has 2 unspecified atom stereocenters. The van der Waals surface area contributed by atoms with Crippen molar-refractivity contribution in [2.24, 2.45) is 5.92 Å². The molecule has 98 valence electrons. The third-order valence-electron chi connectivity index (χ3n) is 3.38. The van der Waals surface area contributed by atoms with E-state index in [-0.39, 0.29) is 22.4 Å². The van der Waals surface area contributed by atoms with Gasteiger partial charge in [0, 0.05) is 19.0 Å². The highest BCUT2D eigenvalue weighted by Gasteiger charge is 2.30. The number of carbonyl (C=O) groups is 1. The van der Waals surface area contributed by atoms with Gasteiger partial charge in [-0.05, 0) is 25.5 Å². The van der Waals surface area contributed by atoms with E-state index in [1.165, 1.54) is 12.1 Å². The van der Waals surface area contributed by atoms with Crippen molar-refractivity contribution in [3.8, 4) is 0 Å². The summed E-state index contributed by atoms with van der Waals surface area (Å²) in [7, 11) is 0. The molecule has 1 aliphatic rings. The molecule has 1 aromatic carbocycles. The van der Waals surface area contributed by atoms with Gasteiger partial charge in [-0.2, -0.15) is 0 Å². The van der Waals surface area contributed by atoms with E-state index in [0.29, 0.717) is 13.1 Å². The lowest BCUT2D eigenvalue weighted by molar-refractivity contribution is 0.0758. The third-order valence-corrected chi connectivity index (χ3v) is 3.67. The van der Waals surface area contributed by atoms with Gasteiger partial charge < -0.3 is 10.0 Å². The number of aliphatic hydroxyl groups is 1. The predicted octanol–water partition coefficient (Wildman–Crippen LogP) is 2.32. The minimum atomic E-state index is -0.676. The Hall–Kier alpha value is -1.13. The zero-order valence-corrected chi connectivity index (χ0v) is 10.8. The highest BCUT2D eigenvalue weighted by Crippen LogP contribution is 2.24. The van der Waals surface area contributed by atoms with Crippen LogP contribution in [0.1, 0.15) is 23.7 Å². The first-order valence-corrected chi connectivity index (χ1v) is 6.30. The van der Waals surface area contributed by atoms with Crippen molar-refractivity contribution in [1.82, 2.24) is 4.90 Å². The van der Waals surface area contributed by atoms with E-state index in [4.69, 9.17) is 11.6 Å². The lowest BCUT2D eigenvalue weighted by Crippen LogP contribution is -2.31. The van der Waals surface area contributed by atoms with Crippen molar-refractivity contribution in [3.05, 3.63) is 34.6 Å². The van der Waals surface area contributed by atoms with Crippen LogP contribution in [0.3, 0.4) is 0 Å². The molecule has 0 spiro atoms. The Morgan fingerprint density at radius 1 is 1.61 bits per heavy atom. The van der Waals surface area contributed by atoms with Crippen molar-refractivity contribution in [1.29, 1.82) is 0 Å². The van der Waals surface area contributed by atoms with E-state index in [0.717, 1.165) is 6.42 Å². The van der Waals surface area contributed by atoms with E-state index >= 15 is 0 Å². The fourth-order valence-corrected chi connectivity index (χ4v) is 2.38. The van der Waals surface area contributed by atoms with E-state index in [2.05, 4.69) is 0 Å². The van der Waals surface area contributed by atoms with Gasteiger partial charge in [-0.15, -0.1) is 0 Å². The SMILES string of the molecule is CC(O)C1CCN(C(=O)c2cccc(Cl)c2F)C1. The van der Waals surface area contributed by atoms with Crippen molar-refractivity contribution < 1.29 is 14.3 Å². The van der Waals surface area contributed by atoms with Crippen LogP contribution in [0.25, 0.3) is 0 Å². The maximum Gasteiger partial charge on any atom is 0.256 e. The maximum absolute atomic E-state index is 13.7. The molecule has 1 fully saturated rings. The summed E-state index contributed by atoms with van der Waals surface area (Å²) < 4.78 is 13.7. The van der Waals surface area contributed by atoms with Crippen LogP contribution in [0.2, 0.25) is 5.02 Å². The molecule has 3 nitrogen and oxygen atoms in total. The lowest BCUT2D eigenvalue weighted by Gasteiger charge is -2.18. The van der Waals surface area contributed by atoms with Gasteiger partial charge in [-0.25, -0.2) is 4.39 Å². The van der Waals surface area contributed by atoms with Gasteiger partial charge in [-0.1, -0.05) is 17.7 Å². The Labute approximate surface area is 110 Å². The topological polar surface area (TPSA) is 40.5 Å². The number of likely N-dealkylation sites (tertiary alicyclic amines) is 1. The molecule has 0 aliphatic carbocycles. The van der Waals surface area contributed by atoms with E-state index < -0.39 is 11.9 Å². The molecule has 2 atom stereocenters. The molecule has 0 aromatic heterocycles. The van der Waals surface area contributed by atoms with Crippen molar-refractivity contribution in [2.45, 2.75) is 19.4 Å². The Morgan fingerprint density at radius 2 is 2.33 bits per heavy atom. The number of hydrogen-bond donors (Lipinski definition) is 1. The van der Waals surface area contributed by atoms with E-state index in [1.54, 1.807) is 17.9 Å². The van der Waals surface area contributed by atoms with Gasteiger partial charge in [0.2, 0.25) is 0 Å². The number of carbonyl (C=O) groups excluding carboxylic acids is 1. The van der Waals surface area contributed by atoms with Crippen LogP contribution >= 0.6 is 11.6 Å². The van der Waals surface area contributed by atoms with Crippen molar-refractivity contribution in [3.63, 3.8) is 0 Å². The summed E-state index contributed by atoms with van der Waals surface area (Å²) in [5.74, 6) is -0.973. The van der Waals surface area contributed by atoms with Gasteiger partial charge in [0.1, 0.15) is 0 Å². The van der Waals surface area contributed by atoms with Crippen LogP contribution in [-0.4, -0.2) is 35.1 Å². The molecule has 1 aromatic rings. The summed E-state index contributed by atoms with van der Waals surface area (Å²) in [5, 5.41) is 9.44. The highest BCUT2D eigenvalue weighted by atomic mass is 35.5. The highest BCUT2D eigenvalue weighted by molar-refractivity contribution is 6.31. The van der Waals surface area contributed by atoms with Gasteiger partial charge in [0.15, 0.2) is 5.82 Å². The minimum Gasteiger partial charge on any atom is -0.393 e. The molecule has 2 rings (SSSR count). The molecule has 0 saturated carbocycles. The molecule has 1 aliphatic heterocycles. The fraction of sp³-hybridized carbons (Fsp3) is 0.462. The van der Waals surface area contributed by atoms with Crippen LogP contribution in [0.4, 0.5) is 4.39 Å². The second-order valence-corrected chi connectivity index (χ2v) is 5.05. The fourth-order valence-electron chi connectivity index (χ4n) is 2.20. The smallest absolute Gasteiger partial charge is 0.256 e. The molecule has 5 heteroatoms. The quantitative estimate of drug-likeness (QED) is 0.897. The molecule has 1 heterocycles. The number of nitrogens with zero attached hydrogens (tertiary/aromatic N) is 1. The van der Waals surface area contributed by atoms with Gasteiger partial charge >= 0.3 is 0 Å². The first-order valence-electron chi connectivity index (χ1n) is 5.92. The van der Waals surface area contributed by atoms with Crippen LogP contribution in [-0.2, 0) is 0 Å². The van der Waals surface area contributed by atoms with E-state index in [9.17, 15) is 14.3 Å². The van der Waals surface area contributed by atoms with Crippen LogP contribution < -0.4 is 0 Å². The summed E-state index contributed by atoms with van der Waals surface area (Å²) in [6.07, 6.45) is 0.290. The van der Waals surface area contributed by atoms with E-state index in [1.807, 2.05) is 0 Å². The maximum atomic E-state index is 13.7. The third kappa shape index (κ3) is 2.49. The number of amides is 1. The number of rotatable bonds is 2. The summed E-state index contributed by atoms with van der Waals surface area (Å²) in [5.41, 5.74) is -0.00579. The Bertz CT molecular complexity index is 464. The summed E-state index contributed by atoms with van der Waals surface area (Å²) in [6, 6.07) is 4.40. The minimum absolute atomic E-state index is 0.00579. The van der Waals surface area contributed by atoms with Crippen molar-refractivity contribution >= 4 is 17.5 Å². The molecule has 18 heavy (non-hydrogen) atoms. The number of aliphatic hydroxyl groups excluding tert-OH is 1. The Balaban J connectivity index is 2.16. The average molecular weight is 272 g/mol. The number of hydrogen-bond acceptors (Lipinski definition) is 2. The van der Waals surface area contributed by atoms with Crippen LogP contribution in [0.5, 0.6) is 0 Å². The number of halogens is 2. The summed E-state index contributed by atoms with van der Waals surface area (Å²) in [6.45, 7) is 2.71. The first-order chi connectivity index (χ1) is 8.50. The Morgan fingerprint density at radius 3 is 2.94 bits per heavy atom. The summed E-state index contributed by atoms with van der Waals surface area (Å²) >= 11 is 5.66. The van der Waals surface area contributed by atoms with Crippen molar-refractivity contribution in [2.75, 3.05) is 13.1 Å². The predicted molar refractivity (Wildman–Crippen MR) is 67.1 cm³/mol. The average Bonchev–Trinajstić information content (AvgIpc) is 2.81.